The molecule has 0 radical (unpaired) electrons. The number of ether oxygens (including phenoxy) is 1. The molecule has 0 saturated carbocycles. The zero-order valence-corrected chi connectivity index (χ0v) is 17.0. The van der Waals surface area contributed by atoms with Crippen LogP contribution in [0, 0.1) is 18.6 Å². The fraction of sp³-hybridized carbons (Fsp3) is 0.333. The van der Waals surface area contributed by atoms with Gasteiger partial charge in [-0.3, -0.25) is 0 Å². The molecule has 0 aliphatic heterocycles. The van der Waals surface area contributed by atoms with Gasteiger partial charge in [0.15, 0.2) is 5.65 Å². The SMILES string of the molecule is Cc1ccc2c(=O)oc([C@H](Cc3cc(F)cc(F)c3)NC(=O)OC(C)(C)C)nc2n1. The van der Waals surface area contributed by atoms with Gasteiger partial charge in [0.25, 0.3) is 0 Å². The van der Waals surface area contributed by atoms with E-state index in [4.69, 9.17) is 9.15 Å². The van der Waals surface area contributed by atoms with Crippen molar-refractivity contribution in [1.29, 1.82) is 0 Å². The van der Waals surface area contributed by atoms with Gasteiger partial charge >= 0.3 is 11.7 Å². The molecule has 2 aromatic heterocycles. The van der Waals surface area contributed by atoms with Crippen molar-refractivity contribution in [3.8, 4) is 0 Å². The van der Waals surface area contributed by atoms with E-state index in [0.29, 0.717) is 5.69 Å². The topological polar surface area (TPSA) is 94.3 Å². The van der Waals surface area contributed by atoms with Crippen LogP contribution >= 0.6 is 0 Å². The lowest BCUT2D eigenvalue weighted by Crippen LogP contribution is -2.36. The molecule has 30 heavy (non-hydrogen) atoms. The van der Waals surface area contributed by atoms with E-state index in [9.17, 15) is 18.4 Å². The van der Waals surface area contributed by atoms with E-state index in [0.717, 1.165) is 18.2 Å². The van der Waals surface area contributed by atoms with Gasteiger partial charge in [-0.05, 0) is 57.5 Å². The van der Waals surface area contributed by atoms with Crippen molar-refractivity contribution in [2.45, 2.75) is 45.8 Å². The Morgan fingerprint density at radius 1 is 1.17 bits per heavy atom. The Hall–Kier alpha value is -3.36. The van der Waals surface area contributed by atoms with Gasteiger partial charge in [-0.25, -0.2) is 23.4 Å². The summed E-state index contributed by atoms with van der Waals surface area (Å²) in [5.41, 5.74) is -0.465. The monoisotopic (exact) mass is 417 g/mol. The second kappa shape index (κ2) is 8.17. The van der Waals surface area contributed by atoms with E-state index in [1.165, 1.54) is 0 Å². The van der Waals surface area contributed by atoms with Crippen LogP contribution in [0.4, 0.5) is 13.6 Å². The maximum Gasteiger partial charge on any atom is 0.408 e. The summed E-state index contributed by atoms with van der Waals surface area (Å²) >= 11 is 0. The zero-order chi connectivity index (χ0) is 22.1. The first-order valence-corrected chi connectivity index (χ1v) is 9.23. The summed E-state index contributed by atoms with van der Waals surface area (Å²) in [4.78, 5) is 33.2. The predicted octanol–water partition coefficient (Wildman–Crippen LogP) is 3.98. The lowest BCUT2D eigenvalue weighted by Gasteiger charge is -2.23. The van der Waals surface area contributed by atoms with Crippen molar-refractivity contribution in [2.24, 2.45) is 0 Å². The fourth-order valence-electron chi connectivity index (χ4n) is 2.83. The first kappa shape index (κ1) is 21.4. The first-order valence-electron chi connectivity index (χ1n) is 9.23. The summed E-state index contributed by atoms with van der Waals surface area (Å²) in [6.45, 7) is 6.79. The maximum absolute atomic E-state index is 13.6. The number of aromatic nitrogens is 2. The molecule has 158 valence electrons. The molecule has 0 aliphatic carbocycles. The number of hydrogen-bond donors (Lipinski definition) is 1. The van der Waals surface area contributed by atoms with Crippen LogP contribution in [0.25, 0.3) is 11.0 Å². The number of amides is 1. The molecule has 1 N–H and O–H groups in total. The highest BCUT2D eigenvalue weighted by Crippen LogP contribution is 2.20. The van der Waals surface area contributed by atoms with Gasteiger partial charge in [-0.15, -0.1) is 0 Å². The average Bonchev–Trinajstić information content (AvgIpc) is 2.58. The largest absolute Gasteiger partial charge is 0.444 e. The Kier molecular flexibility index (Phi) is 5.82. The molecular formula is C21H21F2N3O4. The molecule has 0 aliphatic rings. The minimum atomic E-state index is -1.03. The fourth-order valence-corrected chi connectivity index (χ4v) is 2.83. The van der Waals surface area contributed by atoms with Crippen LogP contribution in [0.3, 0.4) is 0 Å². The molecule has 0 spiro atoms. The van der Waals surface area contributed by atoms with Gasteiger partial charge < -0.3 is 14.5 Å². The summed E-state index contributed by atoms with van der Waals surface area (Å²) < 4.78 is 37.8. The number of pyridine rings is 1. The minimum Gasteiger partial charge on any atom is -0.444 e. The molecule has 3 aromatic rings. The highest BCUT2D eigenvalue weighted by atomic mass is 19.1. The van der Waals surface area contributed by atoms with Crippen LogP contribution in [0.2, 0.25) is 0 Å². The van der Waals surface area contributed by atoms with Crippen LogP contribution in [-0.4, -0.2) is 21.7 Å². The van der Waals surface area contributed by atoms with Gasteiger partial charge in [0.1, 0.15) is 28.7 Å². The number of rotatable bonds is 4. The van der Waals surface area contributed by atoms with Crippen LogP contribution < -0.4 is 10.9 Å². The summed E-state index contributed by atoms with van der Waals surface area (Å²) in [6.07, 6.45) is -0.896. The van der Waals surface area contributed by atoms with Gasteiger partial charge in [0.2, 0.25) is 5.89 Å². The van der Waals surface area contributed by atoms with Gasteiger partial charge in [0, 0.05) is 18.2 Å². The molecule has 0 bridgehead atoms. The number of benzene rings is 1. The van der Waals surface area contributed by atoms with E-state index in [-0.39, 0.29) is 28.9 Å². The zero-order valence-electron chi connectivity index (χ0n) is 17.0. The molecular weight excluding hydrogens is 396 g/mol. The predicted molar refractivity (Wildman–Crippen MR) is 105 cm³/mol. The summed E-state index contributed by atoms with van der Waals surface area (Å²) in [5, 5.41) is 2.73. The number of fused-ring (bicyclic) bond motifs is 1. The third-order valence-electron chi connectivity index (χ3n) is 4.00. The molecule has 0 unspecified atom stereocenters. The number of aryl methyl sites for hydroxylation is 1. The Morgan fingerprint density at radius 3 is 2.47 bits per heavy atom. The lowest BCUT2D eigenvalue weighted by molar-refractivity contribution is 0.0494. The average molecular weight is 417 g/mol. The smallest absolute Gasteiger partial charge is 0.408 e. The summed E-state index contributed by atoms with van der Waals surface area (Å²) in [6, 6.07) is 5.13. The van der Waals surface area contributed by atoms with Crippen LogP contribution in [0.1, 0.15) is 44.0 Å². The molecule has 0 fully saturated rings. The van der Waals surface area contributed by atoms with E-state index in [1.54, 1.807) is 39.8 Å². The Labute approximate surface area is 171 Å². The van der Waals surface area contributed by atoms with Crippen molar-refractivity contribution in [1.82, 2.24) is 15.3 Å². The maximum atomic E-state index is 13.6. The molecule has 2 heterocycles. The van der Waals surface area contributed by atoms with Crippen molar-refractivity contribution >= 4 is 17.1 Å². The Balaban J connectivity index is 2.02. The van der Waals surface area contributed by atoms with E-state index in [1.807, 2.05) is 0 Å². The third-order valence-corrected chi connectivity index (χ3v) is 4.00. The highest BCUT2D eigenvalue weighted by molar-refractivity contribution is 5.73. The number of carbonyl (C=O) groups is 1. The highest BCUT2D eigenvalue weighted by Gasteiger charge is 2.25. The first-order chi connectivity index (χ1) is 14.0. The third kappa shape index (κ3) is 5.37. The van der Waals surface area contributed by atoms with Crippen LogP contribution in [-0.2, 0) is 11.2 Å². The van der Waals surface area contributed by atoms with Gasteiger partial charge in [-0.2, -0.15) is 4.98 Å². The Bertz CT molecular complexity index is 1130. The number of nitrogens with zero attached hydrogens (tertiary/aromatic N) is 2. The molecule has 7 nitrogen and oxygen atoms in total. The molecule has 9 heteroatoms. The van der Waals surface area contributed by atoms with Crippen molar-refractivity contribution in [2.75, 3.05) is 0 Å². The normalized spacial score (nSPS) is 12.6. The number of halogens is 2. The number of alkyl carbamates (subject to hydrolysis) is 1. The molecule has 3 rings (SSSR count). The molecule has 1 amide bonds. The lowest BCUT2D eigenvalue weighted by atomic mass is 10.1. The second-order valence-corrected chi connectivity index (χ2v) is 7.84. The molecule has 1 atom stereocenters. The Morgan fingerprint density at radius 2 is 1.83 bits per heavy atom. The van der Waals surface area contributed by atoms with Crippen LogP contribution in [0.15, 0.2) is 39.5 Å². The van der Waals surface area contributed by atoms with Gasteiger partial charge in [0.05, 0.1) is 0 Å². The van der Waals surface area contributed by atoms with E-state index < -0.39 is 35.0 Å². The minimum absolute atomic E-state index is 0.0960. The summed E-state index contributed by atoms with van der Waals surface area (Å²) in [5.74, 6) is -1.70. The number of hydrogen-bond acceptors (Lipinski definition) is 6. The number of carbonyl (C=O) groups excluding carboxylic acids is 1. The summed E-state index contributed by atoms with van der Waals surface area (Å²) in [7, 11) is 0. The number of nitrogens with one attached hydrogen (secondary N) is 1. The second-order valence-electron chi connectivity index (χ2n) is 7.84. The van der Waals surface area contributed by atoms with Crippen molar-refractivity contribution in [3.05, 3.63) is 69.5 Å². The van der Waals surface area contributed by atoms with E-state index >= 15 is 0 Å². The van der Waals surface area contributed by atoms with Crippen molar-refractivity contribution in [3.63, 3.8) is 0 Å². The van der Waals surface area contributed by atoms with Gasteiger partial charge in [-0.1, -0.05) is 0 Å². The quantitative estimate of drug-likeness (QED) is 0.690. The van der Waals surface area contributed by atoms with Crippen molar-refractivity contribution < 1.29 is 22.7 Å². The standard InChI is InChI=1S/C21H21F2N3O4/c1-11-5-6-15-17(24-11)26-18(29-19(15)27)16(25-20(28)30-21(2,3)4)9-12-7-13(22)10-14(23)8-12/h5-8,10,16H,9H2,1-4H3,(H,25,28)/t16-/m0/s1. The van der Waals surface area contributed by atoms with E-state index in [2.05, 4.69) is 15.3 Å². The van der Waals surface area contributed by atoms with Crippen LogP contribution in [0.5, 0.6) is 0 Å². The molecule has 1 aromatic carbocycles. The molecule has 0 saturated heterocycles.